The van der Waals surface area contributed by atoms with Crippen LogP contribution >= 0.6 is 0 Å². The van der Waals surface area contributed by atoms with Crippen LogP contribution in [0.2, 0.25) is 0 Å². The minimum Gasteiger partial charge on any atom is -0.440 e. The molecule has 5 heteroatoms. The number of aliphatic hydroxyl groups is 1. The molecule has 0 aromatic rings. The Hall–Kier alpha value is -1.07. The van der Waals surface area contributed by atoms with Gasteiger partial charge in [-0.1, -0.05) is 6.08 Å². The molecule has 0 saturated heterocycles. The number of nitrogens with two attached hydrogens (primary N) is 1. The third-order valence-electron chi connectivity index (χ3n) is 1.46. The van der Waals surface area contributed by atoms with Crippen molar-refractivity contribution in [2.24, 2.45) is 5.73 Å². The van der Waals surface area contributed by atoms with Gasteiger partial charge in [-0.2, -0.15) is 0 Å². The van der Waals surface area contributed by atoms with Crippen molar-refractivity contribution in [3.63, 3.8) is 0 Å². The lowest BCUT2D eigenvalue weighted by Crippen LogP contribution is -2.31. The average Bonchev–Trinajstić information content (AvgIpc) is 2.05. The highest BCUT2D eigenvalue weighted by Crippen LogP contribution is 2.07. The Kier molecular flexibility index (Phi) is 3.07. The van der Waals surface area contributed by atoms with E-state index in [1.54, 1.807) is 12.2 Å². The fraction of sp³-hybridized carbons (Fsp3) is 0.571. The van der Waals surface area contributed by atoms with Crippen molar-refractivity contribution in [1.29, 1.82) is 0 Å². The minimum absolute atomic E-state index is 0.0697. The van der Waals surface area contributed by atoms with E-state index >= 15 is 0 Å². The molecule has 1 heterocycles. The molecule has 3 N–H and O–H groups in total. The molecule has 0 saturated carbocycles. The standard InChI is InChI=1S/C7H11NO4/c8-7(10)12-6-2-1-5(3-9)11-4-6/h1-2,5-6,9H,3-4H2,(H2,8,10)/t5-,6+/m0/s1. The zero-order valence-electron chi connectivity index (χ0n) is 6.47. The van der Waals surface area contributed by atoms with Crippen LogP contribution < -0.4 is 5.73 Å². The molecule has 0 aromatic heterocycles. The molecule has 0 bridgehead atoms. The van der Waals surface area contributed by atoms with E-state index in [2.05, 4.69) is 4.74 Å². The van der Waals surface area contributed by atoms with Crippen molar-refractivity contribution in [3.8, 4) is 0 Å². The molecule has 0 spiro atoms. The van der Waals surface area contributed by atoms with Crippen LogP contribution in [0, 0.1) is 0 Å². The molecule has 1 amide bonds. The normalized spacial score (nSPS) is 28.4. The van der Waals surface area contributed by atoms with Gasteiger partial charge in [-0.05, 0) is 6.08 Å². The molecule has 2 atom stereocenters. The lowest BCUT2D eigenvalue weighted by molar-refractivity contribution is -0.0129. The number of primary amides is 1. The predicted octanol–water partition coefficient (Wildman–Crippen LogP) is -0.602. The summed E-state index contributed by atoms with van der Waals surface area (Å²) in [6.45, 7) is 0.171. The van der Waals surface area contributed by atoms with E-state index in [1.807, 2.05) is 0 Å². The Morgan fingerprint density at radius 3 is 2.92 bits per heavy atom. The van der Waals surface area contributed by atoms with E-state index in [0.29, 0.717) is 0 Å². The summed E-state index contributed by atoms with van der Waals surface area (Å²) in [5, 5.41) is 8.65. The van der Waals surface area contributed by atoms with Gasteiger partial charge in [0.2, 0.25) is 0 Å². The third-order valence-corrected chi connectivity index (χ3v) is 1.46. The highest BCUT2D eigenvalue weighted by atomic mass is 16.6. The summed E-state index contributed by atoms with van der Waals surface area (Å²) in [6.07, 6.45) is 1.74. The number of amides is 1. The molecule has 12 heavy (non-hydrogen) atoms. The predicted molar refractivity (Wildman–Crippen MR) is 40.4 cm³/mol. The fourth-order valence-corrected chi connectivity index (χ4v) is 0.913. The lowest BCUT2D eigenvalue weighted by Gasteiger charge is -2.21. The van der Waals surface area contributed by atoms with Gasteiger partial charge in [-0.25, -0.2) is 4.79 Å². The van der Waals surface area contributed by atoms with Crippen LogP contribution in [-0.4, -0.2) is 36.6 Å². The van der Waals surface area contributed by atoms with Gasteiger partial charge in [0.05, 0.1) is 19.3 Å². The van der Waals surface area contributed by atoms with Crippen molar-refractivity contribution in [2.75, 3.05) is 13.2 Å². The number of hydrogen-bond donors (Lipinski definition) is 2. The first-order valence-electron chi connectivity index (χ1n) is 3.59. The highest BCUT2D eigenvalue weighted by molar-refractivity contribution is 5.65. The van der Waals surface area contributed by atoms with Crippen molar-refractivity contribution < 1.29 is 19.4 Å². The SMILES string of the molecule is NC(=O)O[C@@H]1C=C[C@@H](CO)OC1. The molecular weight excluding hydrogens is 162 g/mol. The summed E-state index contributed by atoms with van der Waals surface area (Å²) >= 11 is 0. The summed E-state index contributed by atoms with van der Waals surface area (Å²) < 4.78 is 9.70. The number of hydrogen-bond acceptors (Lipinski definition) is 4. The van der Waals surface area contributed by atoms with Crippen molar-refractivity contribution in [2.45, 2.75) is 12.2 Å². The van der Waals surface area contributed by atoms with Crippen LogP contribution in [0.15, 0.2) is 12.2 Å². The number of aliphatic hydroxyl groups excluding tert-OH is 1. The number of ether oxygens (including phenoxy) is 2. The largest absolute Gasteiger partial charge is 0.440 e. The Balaban J connectivity index is 2.37. The van der Waals surface area contributed by atoms with E-state index in [1.165, 1.54) is 0 Å². The molecule has 0 aliphatic carbocycles. The molecule has 0 aromatic carbocycles. The Morgan fingerprint density at radius 2 is 2.50 bits per heavy atom. The molecule has 68 valence electrons. The second kappa shape index (κ2) is 4.08. The fourth-order valence-electron chi connectivity index (χ4n) is 0.913. The summed E-state index contributed by atoms with van der Waals surface area (Å²) in [6, 6.07) is 0. The van der Waals surface area contributed by atoms with E-state index < -0.39 is 12.2 Å². The van der Waals surface area contributed by atoms with Crippen LogP contribution in [0.25, 0.3) is 0 Å². The second-order valence-electron chi connectivity index (χ2n) is 2.41. The highest BCUT2D eigenvalue weighted by Gasteiger charge is 2.17. The average molecular weight is 173 g/mol. The molecule has 0 unspecified atom stereocenters. The first kappa shape index (κ1) is 9.02. The molecule has 1 aliphatic rings. The van der Waals surface area contributed by atoms with Crippen molar-refractivity contribution in [3.05, 3.63) is 12.2 Å². The van der Waals surface area contributed by atoms with E-state index in [9.17, 15) is 4.79 Å². The Bertz CT molecular complexity index is 192. The zero-order chi connectivity index (χ0) is 8.97. The quantitative estimate of drug-likeness (QED) is 0.546. The zero-order valence-corrected chi connectivity index (χ0v) is 6.47. The summed E-state index contributed by atoms with van der Waals surface area (Å²) in [7, 11) is 0. The molecule has 1 aliphatic heterocycles. The van der Waals surface area contributed by atoms with Gasteiger partial charge in [-0.3, -0.25) is 0 Å². The summed E-state index contributed by atoms with van der Waals surface area (Å²) in [4.78, 5) is 10.3. The number of rotatable bonds is 2. The maximum atomic E-state index is 10.3. The summed E-state index contributed by atoms with van der Waals surface area (Å²) in [5.41, 5.74) is 4.79. The topological polar surface area (TPSA) is 81.8 Å². The Morgan fingerprint density at radius 1 is 1.75 bits per heavy atom. The minimum atomic E-state index is -0.823. The summed E-state index contributed by atoms with van der Waals surface area (Å²) in [5.74, 6) is 0. The smallest absolute Gasteiger partial charge is 0.405 e. The lowest BCUT2D eigenvalue weighted by atomic mass is 10.2. The monoisotopic (exact) mass is 173 g/mol. The number of carbonyl (C=O) groups excluding carboxylic acids is 1. The van der Waals surface area contributed by atoms with E-state index in [0.717, 1.165) is 0 Å². The van der Waals surface area contributed by atoms with Gasteiger partial charge in [0.15, 0.2) is 0 Å². The molecule has 1 rings (SSSR count). The van der Waals surface area contributed by atoms with E-state index in [4.69, 9.17) is 15.6 Å². The maximum absolute atomic E-state index is 10.3. The van der Waals surface area contributed by atoms with Gasteiger partial charge in [0.1, 0.15) is 6.10 Å². The van der Waals surface area contributed by atoms with Crippen LogP contribution in [0.4, 0.5) is 4.79 Å². The van der Waals surface area contributed by atoms with E-state index in [-0.39, 0.29) is 19.3 Å². The molecular formula is C7H11NO4. The van der Waals surface area contributed by atoms with Gasteiger partial charge in [-0.15, -0.1) is 0 Å². The van der Waals surface area contributed by atoms with Gasteiger partial charge in [0.25, 0.3) is 0 Å². The molecule has 0 fully saturated rings. The number of carbonyl (C=O) groups is 1. The van der Waals surface area contributed by atoms with Crippen molar-refractivity contribution in [1.82, 2.24) is 0 Å². The van der Waals surface area contributed by atoms with Crippen LogP contribution in [-0.2, 0) is 9.47 Å². The van der Waals surface area contributed by atoms with Crippen molar-refractivity contribution >= 4 is 6.09 Å². The molecule has 5 nitrogen and oxygen atoms in total. The van der Waals surface area contributed by atoms with Crippen LogP contribution in [0.1, 0.15) is 0 Å². The third kappa shape index (κ3) is 2.52. The van der Waals surface area contributed by atoms with Crippen LogP contribution in [0.3, 0.4) is 0 Å². The second-order valence-corrected chi connectivity index (χ2v) is 2.41. The van der Waals surface area contributed by atoms with Gasteiger partial charge < -0.3 is 20.3 Å². The van der Waals surface area contributed by atoms with Gasteiger partial charge in [0, 0.05) is 0 Å². The Labute approximate surface area is 69.8 Å². The maximum Gasteiger partial charge on any atom is 0.405 e. The molecule has 0 radical (unpaired) electrons. The van der Waals surface area contributed by atoms with Gasteiger partial charge >= 0.3 is 6.09 Å². The first-order valence-corrected chi connectivity index (χ1v) is 3.59. The first-order chi connectivity index (χ1) is 5.72. The van der Waals surface area contributed by atoms with Crippen LogP contribution in [0.5, 0.6) is 0 Å².